The average Bonchev–Trinajstić information content (AvgIpc) is 2.78. The van der Waals surface area contributed by atoms with Gasteiger partial charge in [-0.05, 0) is 67.8 Å². The van der Waals surface area contributed by atoms with Gasteiger partial charge in [0.15, 0.2) is 12.4 Å². The molecule has 5 nitrogen and oxygen atoms in total. The normalized spacial score (nSPS) is 10.6. The molecule has 0 aromatic heterocycles. The van der Waals surface area contributed by atoms with Gasteiger partial charge in [0.1, 0.15) is 0 Å². The lowest BCUT2D eigenvalue weighted by atomic mass is 10.1. The number of halogens is 3. The molecule has 0 bridgehead atoms. The summed E-state index contributed by atoms with van der Waals surface area (Å²) in [4.78, 5) is 24.7. The first-order valence-electron chi connectivity index (χ1n) is 9.72. The van der Waals surface area contributed by atoms with Crippen LogP contribution in [0, 0.1) is 20.8 Å². The highest BCUT2D eigenvalue weighted by atomic mass is 35.5. The van der Waals surface area contributed by atoms with E-state index < -0.39 is 0 Å². The van der Waals surface area contributed by atoms with Crippen molar-refractivity contribution in [2.45, 2.75) is 20.8 Å². The fraction of sp³-hybridized carbons (Fsp3) is 0.167. The molecule has 0 aliphatic rings. The van der Waals surface area contributed by atoms with Gasteiger partial charge >= 0.3 is 0 Å². The number of ether oxygens (including phenoxy) is 1. The van der Waals surface area contributed by atoms with E-state index in [2.05, 4.69) is 10.6 Å². The lowest BCUT2D eigenvalue weighted by molar-refractivity contribution is -0.118. The summed E-state index contributed by atoms with van der Waals surface area (Å²) < 4.78 is 5.58. The van der Waals surface area contributed by atoms with Gasteiger partial charge in [0.05, 0.1) is 10.0 Å². The van der Waals surface area contributed by atoms with E-state index in [1.54, 1.807) is 56.3 Å². The van der Waals surface area contributed by atoms with Crippen LogP contribution in [0.3, 0.4) is 0 Å². The summed E-state index contributed by atoms with van der Waals surface area (Å²) in [5, 5.41) is 6.63. The van der Waals surface area contributed by atoms with Gasteiger partial charge in [0.2, 0.25) is 0 Å². The standard InChI is InChI=1S/C24H21Cl3N2O3/c1-13-11-17(9-10-18(13)29-24(31)16-7-5-4-6-8-16)28-19(30)12-32-23-21(26)14(2)20(25)15(3)22(23)27/h4-11H,12H2,1-3H3,(H,28,30)(H,29,31). The first-order valence-corrected chi connectivity index (χ1v) is 10.9. The van der Waals surface area contributed by atoms with E-state index >= 15 is 0 Å². The van der Waals surface area contributed by atoms with Crippen LogP contribution in [-0.4, -0.2) is 18.4 Å². The molecule has 166 valence electrons. The molecule has 3 aromatic rings. The van der Waals surface area contributed by atoms with Crippen LogP contribution in [0.25, 0.3) is 0 Å². The van der Waals surface area contributed by atoms with Crippen LogP contribution in [0.2, 0.25) is 15.1 Å². The van der Waals surface area contributed by atoms with Crippen molar-refractivity contribution in [2.75, 3.05) is 17.2 Å². The van der Waals surface area contributed by atoms with Crippen LogP contribution in [0.4, 0.5) is 11.4 Å². The largest absolute Gasteiger partial charge is 0.481 e. The molecule has 2 N–H and O–H groups in total. The number of nitrogens with one attached hydrogen (secondary N) is 2. The Morgan fingerprint density at radius 1 is 0.844 bits per heavy atom. The zero-order valence-electron chi connectivity index (χ0n) is 17.7. The number of rotatable bonds is 6. The Morgan fingerprint density at radius 3 is 2.06 bits per heavy atom. The Hall–Kier alpha value is -2.73. The zero-order chi connectivity index (χ0) is 23.4. The van der Waals surface area contributed by atoms with Crippen LogP contribution >= 0.6 is 34.8 Å². The number of amides is 2. The van der Waals surface area contributed by atoms with Crippen molar-refractivity contribution in [1.82, 2.24) is 0 Å². The second-order valence-electron chi connectivity index (χ2n) is 7.21. The van der Waals surface area contributed by atoms with Gasteiger partial charge in [-0.1, -0.05) is 53.0 Å². The van der Waals surface area contributed by atoms with Crippen molar-refractivity contribution in [1.29, 1.82) is 0 Å². The van der Waals surface area contributed by atoms with E-state index in [0.29, 0.717) is 33.1 Å². The van der Waals surface area contributed by atoms with Crippen LogP contribution in [-0.2, 0) is 4.79 Å². The van der Waals surface area contributed by atoms with Gasteiger partial charge in [-0.3, -0.25) is 9.59 Å². The van der Waals surface area contributed by atoms with E-state index in [-0.39, 0.29) is 34.2 Å². The number of aryl methyl sites for hydroxylation is 1. The zero-order valence-corrected chi connectivity index (χ0v) is 20.0. The van der Waals surface area contributed by atoms with Crippen LogP contribution in [0.15, 0.2) is 48.5 Å². The third kappa shape index (κ3) is 5.36. The minimum atomic E-state index is -0.386. The summed E-state index contributed by atoms with van der Waals surface area (Å²) in [7, 11) is 0. The van der Waals surface area contributed by atoms with Crippen LogP contribution < -0.4 is 15.4 Å². The third-order valence-corrected chi connectivity index (χ3v) is 6.33. The second kappa shape index (κ2) is 10.3. The Kier molecular flexibility index (Phi) is 7.67. The van der Waals surface area contributed by atoms with Crippen molar-refractivity contribution >= 4 is 58.0 Å². The van der Waals surface area contributed by atoms with Gasteiger partial charge < -0.3 is 15.4 Å². The summed E-state index contributed by atoms with van der Waals surface area (Å²) in [6.45, 7) is 5.06. The lowest BCUT2D eigenvalue weighted by Gasteiger charge is -2.16. The van der Waals surface area contributed by atoms with E-state index in [0.717, 1.165) is 5.56 Å². The topological polar surface area (TPSA) is 67.4 Å². The first-order chi connectivity index (χ1) is 15.2. The first kappa shape index (κ1) is 23.9. The SMILES string of the molecule is Cc1cc(NC(=O)COc2c(Cl)c(C)c(Cl)c(C)c2Cl)ccc1NC(=O)c1ccccc1. The maximum absolute atomic E-state index is 12.4. The highest BCUT2D eigenvalue weighted by Crippen LogP contribution is 2.42. The summed E-state index contributed by atoms with van der Waals surface area (Å²) in [5.41, 5.74) is 3.84. The number of benzene rings is 3. The predicted molar refractivity (Wildman–Crippen MR) is 131 cm³/mol. The summed E-state index contributed by atoms with van der Waals surface area (Å²) in [6, 6.07) is 14.1. The number of hydrogen-bond donors (Lipinski definition) is 2. The molecule has 32 heavy (non-hydrogen) atoms. The molecule has 0 saturated heterocycles. The van der Waals surface area contributed by atoms with Crippen molar-refractivity contribution in [3.8, 4) is 5.75 Å². The maximum atomic E-state index is 12.4. The highest BCUT2D eigenvalue weighted by molar-refractivity contribution is 6.42. The molecule has 0 fully saturated rings. The third-order valence-electron chi connectivity index (χ3n) is 4.86. The molecule has 2 amide bonds. The minimum absolute atomic E-state index is 0.207. The minimum Gasteiger partial charge on any atom is -0.481 e. The van der Waals surface area contributed by atoms with E-state index in [1.807, 2.05) is 13.0 Å². The fourth-order valence-corrected chi connectivity index (χ4v) is 3.86. The number of carbonyl (C=O) groups excluding carboxylic acids is 2. The highest BCUT2D eigenvalue weighted by Gasteiger charge is 2.19. The number of hydrogen-bond acceptors (Lipinski definition) is 3. The average molecular weight is 492 g/mol. The van der Waals surface area contributed by atoms with Crippen LogP contribution in [0.1, 0.15) is 27.0 Å². The molecule has 8 heteroatoms. The van der Waals surface area contributed by atoms with Crippen molar-refractivity contribution < 1.29 is 14.3 Å². The Labute approximate surface area is 201 Å². The van der Waals surface area contributed by atoms with Gasteiger partial charge in [-0.2, -0.15) is 0 Å². The van der Waals surface area contributed by atoms with E-state index in [1.165, 1.54) is 0 Å². The van der Waals surface area contributed by atoms with Gasteiger partial charge in [-0.15, -0.1) is 0 Å². The van der Waals surface area contributed by atoms with Gasteiger partial charge in [-0.25, -0.2) is 0 Å². The lowest BCUT2D eigenvalue weighted by Crippen LogP contribution is -2.20. The molecule has 0 spiro atoms. The second-order valence-corrected chi connectivity index (χ2v) is 8.34. The predicted octanol–water partition coefficient (Wildman–Crippen LogP) is 6.84. The number of carbonyl (C=O) groups is 2. The molecule has 0 atom stereocenters. The summed E-state index contributed by atoms with van der Waals surface area (Å²) >= 11 is 18.8. The smallest absolute Gasteiger partial charge is 0.262 e. The molecule has 0 aliphatic heterocycles. The van der Waals surface area contributed by atoms with Gasteiger partial charge in [0, 0.05) is 22.0 Å². The molecule has 3 rings (SSSR count). The quantitative estimate of drug-likeness (QED) is 0.396. The van der Waals surface area contributed by atoms with E-state index in [4.69, 9.17) is 39.5 Å². The Balaban J connectivity index is 1.64. The molecular formula is C24H21Cl3N2O3. The molecule has 0 unspecified atom stereocenters. The molecule has 0 aliphatic carbocycles. The Morgan fingerprint density at radius 2 is 1.47 bits per heavy atom. The van der Waals surface area contributed by atoms with Crippen LogP contribution in [0.5, 0.6) is 5.75 Å². The molecule has 0 heterocycles. The van der Waals surface area contributed by atoms with Crippen molar-refractivity contribution in [2.24, 2.45) is 0 Å². The fourth-order valence-electron chi connectivity index (χ4n) is 3.04. The Bertz CT molecular complexity index is 1150. The van der Waals surface area contributed by atoms with Crippen molar-refractivity contribution in [3.63, 3.8) is 0 Å². The summed E-state index contributed by atoms with van der Waals surface area (Å²) in [6.07, 6.45) is 0. The van der Waals surface area contributed by atoms with Gasteiger partial charge in [0.25, 0.3) is 11.8 Å². The van der Waals surface area contributed by atoms with Crippen molar-refractivity contribution in [3.05, 3.63) is 85.9 Å². The summed E-state index contributed by atoms with van der Waals surface area (Å²) in [5.74, 6) is -0.373. The molecular weight excluding hydrogens is 471 g/mol. The molecule has 3 aromatic carbocycles. The maximum Gasteiger partial charge on any atom is 0.262 e. The molecule has 0 radical (unpaired) electrons. The monoisotopic (exact) mass is 490 g/mol. The van der Waals surface area contributed by atoms with E-state index in [9.17, 15) is 9.59 Å². The molecule has 0 saturated carbocycles. The number of anilines is 2.